The van der Waals surface area contributed by atoms with E-state index in [1.165, 1.54) is 0 Å². The molecule has 1 aliphatic heterocycles. The third kappa shape index (κ3) is 4.03. The van der Waals surface area contributed by atoms with Crippen LogP contribution in [0.1, 0.15) is 43.8 Å². The van der Waals surface area contributed by atoms with Crippen molar-refractivity contribution in [2.75, 3.05) is 26.2 Å². The zero-order valence-electron chi connectivity index (χ0n) is 13.0. The van der Waals surface area contributed by atoms with E-state index in [2.05, 4.69) is 10.2 Å². The highest BCUT2D eigenvalue weighted by Crippen LogP contribution is 2.20. The van der Waals surface area contributed by atoms with E-state index in [0.717, 1.165) is 0 Å². The molecule has 2 rings (SSSR count). The van der Waals surface area contributed by atoms with Crippen molar-refractivity contribution in [2.45, 2.75) is 34.1 Å². The van der Waals surface area contributed by atoms with E-state index in [0.29, 0.717) is 38.5 Å². The number of hydrogen-bond acceptors (Lipinski definition) is 5. The van der Waals surface area contributed by atoms with Gasteiger partial charge in [-0.2, -0.15) is 0 Å². The number of aryl methyl sites for hydroxylation is 1. The Morgan fingerprint density at radius 1 is 1.10 bits per heavy atom. The molecule has 7 heteroatoms. The molecule has 0 N–H and O–H groups in total. The number of nitrogens with zero attached hydrogens (tertiary/aromatic N) is 4. The first-order chi connectivity index (χ1) is 9.76. The first-order valence-electron chi connectivity index (χ1n) is 7.13. The lowest BCUT2D eigenvalue weighted by Crippen LogP contribution is -2.51. The Hall–Kier alpha value is -1.92. The van der Waals surface area contributed by atoms with Crippen LogP contribution in [0.3, 0.4) is 0 Å². The van der Waals surface area contributed by atoms with Crippen LogP contribution < -0.4 is 0 Å². The molecule has 7 nitrogen and oxygen atoms in total. The van der Waals surface area contributed by atoms with E-state index in [1.54, 1.807) is 11.8 Å². The summed E-state index contributed by atoms with van der Waals surface area (Å²) in [6, 6.07) is 0. The standard InChI is InChI=1S/C14H22N4O3/c1-10-15-16-12(21-10)13(20)18-7-5-17(6-8-18)11(19)9-14(2,3)4/h5-9H2,1-4H3. The minimum atomic E-state index is -0.265. The lowest BCUT2D eigenvalue weighted by molar-refractivity contribution is -0.134. The molecular weight excluding hydrogens is 272 g/mol. The molecule has 21 heavy (non-hydrogen) atoms. The predicted molar refractivity (Wildman–Crippen MR) is 75.6 cm³/mol. The zero-order valence-corrected chi connectivity index (χ0v) is 13.0. The Bertz CT molecular complexity index is 525. The number of piperazine rings is 1. The monoisotopic (exact) mass is 294 g/mol. The normalized spacial score (nSPS) is 16.2. The average Bonchev–Trinajstić information content (AvgIpc) is 2.83. The summed E-state index contributed by atoms with van der Waals surface area (Å²) >= 11 is 0. The number of carbonyl (C=O) groups is 2. The summed E-state index contributed by atoms with van der Waals surface area (Å²) in [7, 11) is 0. The molecule has 0 bridgehead atoms. The molecule has 1 aromatic rings. The molecule has 116 valence electrons. The number of carbonyl (C=O) groups excluding carboxylic acids is 2. The molecule has 1 aromatic heterocycles. The molecule has 1 saturated heterocycles. The van der Waals surface area contributed by atoms with Crippen molar-refractivity contribution >= 4 is 11.8 Å². The highest BCUT2D eigenvalue weighted by molar-refractivity contribution is 5.89. The van der Waals surface area contributed by atoms with Crippen molar-refractivity contribution in [1.82, 2.24) is 20.0 Å². The van der Waals surface area contributed by atoms with E-state index in [1.807, 2.05) is 25.7 Å². The number of aromatic nitrogens is 2. The van der Waals surface area contributed by atoms with Gasteiger partial charge in [-0.1, -0.05) is 20.8 Å². The van der Waals surface area contributed by atoms with Crippen molar-refractivity contribution in [1.29, 1.82) is 0 Å². The largest absolute Gasteiger partial charge is 0.417 e. The molecule has 0 unspecified atom stereocenters. The summed E-state index contributed by atoms with van der Waals surface area (Å²) in [5, 5.41) is 7.39. The van der Waals surface area contributed by atoms with Crippen LogP contribution in [0.4, 0.5) is 0 Å². The van der Waals surface area contributed by atoms with Crippen LogP contribution in [-0.2, 0) is 4.79 Å². The SMILES string of the molecule is Cc1nnc(C(=O)N2CCN(C(=O)CC(C)(C)C)CC2)o1. The second-order valence-electron chi connectivity index (χ2n) is 6.54. The molecule has 2 heterocycles. The van der Waals surface area contributed by atoms with Crippen LogP contribution in [0.5, 0.6) is 0 Å². The molecule has 0 aliphatic carbocycles. The lowest BCUT2D eigenvalue weighted by atomic mass is 9.91. The van der Waals surface area contributed by atoms with Crippen LogP contribution in [0, 0.1) is 12.3 Å². The van der Waals surface area contributed by atoms with E-state index in [9.17, 15) is 9.59 Å². The van der Waals surface area contributed by atoms with Gasteiger partial charge in [0.2, 0.25) is 11.8 Å². The summed E-state index contributed by atoms with van der Waals surface area (Å²) in [4.78, 5) is 27.8. The number of hydrogen-bond donors (Lipinski definition) is 0. The van der Waals surface area contributed by atoms with Gasteiger partial charge in [0.05, 0.1) is 0 Å². The predicted octanol–water partition coefficient (Wildman–Crippen LogP) is 1.10. The van der Waals surface area contributed by atoms with Crippen LogP contribution in [0.2, 0.25) is 0 Å². The smallest absolute Gasteiger partial charge is 0.311 e. The molecular formula is C14H22N4O3. The van der Waals surface area contributed by atoms with Gasteiger partial charge >= 0.3 is 11.8 Å². The van der Waals surface area contributed by atoms with Gasteiger partial charge in [-0.3, -0.25) is 9.59 Å². The topological polar surface area (TPSA) is 79.5 Å². The summed E-state index contributed by atoms with van der Waals surface area (Å²) in [5.74, 6) is 0.265. The van der Waals surface area contributed by atoms with Gasteiger partial charge in [-0.15, -0.1) is 10.2 Å². The van der Waals surface area contributed by atoms with Gasteiger partial charge < -0.3 is 14.2 Å². The first kappa shape index (κ1) is 15.5. The van der Waals surface area contributed by atoms with Gasteiger partial charge in [0.15, 0.2) is 0 Å². The second kappa shape index (κ2) is 5.83. The van der Waals surface area contributed by atoms with Gasteiger partial charge in [0.25, 0.3) is 0 Å². The van der Waals surface area contributed by atoms with Crippen LogP contribution in [0.15, 0.2) is 4.42 Å². The third-order valence-electron chi connectivity index (χ3n) is 3.31. The summed E-state index contributed by atoms with van der Waals surface area (Å²) in [6.45, 7) is 9.87. The van der Waals surface area contributed by atoms with Crippen LogP contribution >= 0.6 is 0 Å². The van der Waals surface area contributed by atoms with E-state index < -0.39 is 0 Å². The van der Waals surface area contributed by atoms with E-state index in [-0.39, 0.29) is 23.1 Å². The first-order valence-corrected chi connectivity index (χ1v) is 7.13. The molecule has 1 aliphatic rings. The van der Waals surface area contributed by atoms with Gasteiger partial charge in [0, 0.05) is 39.5 Å². The van der Waals surface area contributed by atoms with Crippen LogP contribution in [0.25, 0.3) is 0 Å². The van der Waals surface area contributed by atoms with E-state index in [4.69, 9.17) is 4.42 Å². The summed E-state index contributed by atoms with van der Waals surface area (Å²) < 4.78 is 5.14. The minimum Gasteiger partial charge on any atom is -0.417 e. The fraction of sp³-hybridized carbons (Fsp3) is 0.714. The van der Waals surface area contributed by atoms with Crippen molar-refractivity contribution in [3.05, 3.63) is 11.8 Å². The fourth-order valence-electron chi connectivity index (χ4n) is 2.24. The Morgan fingerprint density at radius 2 is 1.67 bits per heavy atom. The van der Waals surface area contributed by atoms with Gasteiger partial charge in [-0.25, -0.2) is 0 Å². The maximum Gasteiger partial charge on any atom is 0.311 e. The Balaban J connectivity index is 1.88. The molecule has 0 spiro atoms. The van der Waals surface area contributed by atoms with Gasteiger partial charge in [-0.05, 0) is 5.41 Å². The Morgan fingerprint density at radius 3 is 2.14 bits per heavy atom. The molecule has 1 fully saturated rings. The second-order valence-corrected chi connectivity index (χ2v) is 6.54. The molecule has 0 radical (unpaired) electrons. The molecule has 0 saturated carbocycles. The summed E-state index contributed by atoms with van der Waals surface area (Å²) in [5.41, 5.74) is -0.0225. The Kier molecular flexibility index (Phi) is 4.29. The highest BCUT2D eigenvalue weighted by atomic mass is 16.4. The quantitative estimate of drug-likeness (QED) is 0.816. The Labute approximate surface area is 124 Å². The lowest BCUT2D eigenvalue weighted by Gasteiger charge is -2.35. The van der Waals surface area contributed by atoms with Crippen molar-refractivity contribution in [3.8, 4) is 0 Å². The number of amides is 2. The molecule has 0 atom stereocenters. The van der Waals surface area contributed by atoms with Crippen molar-refractivity contribution in [2.24, 2.45) is 5.41 Å². The zero-order chi connectivity index (χ0) is 15.6. The van der Waals surface area contributed by atoms with Crippen molar-refractivity contribution in [3.63, 3.8) is 0 Å². The molecule has 0 aromatic carbocycles. The minimum absolute atomic E-state index is 0.0157. The average molecular weight is 294 g/mol. The fourth-order valence-corrected chi connectivity index (χ4v) is 2.24. The molecule has 2 amide bonds. The van der Waals surface area contributed by atoms with Crippen LogP contribution in [-0.4, -0.2) is 58.0 Å². The maximum absolute atomic E-state index is 12.1. The number of rotatable bonds is 2. The maximum atomic E-state index is 12.1. The summed E-state index contributed by atoms with van der Waals surface area (Å²) in [6.07, 6.45) is 0.518. The van der Waals surface area contributed by atoms with E-state index >= 15 is 0 Å². The van der Waals surface area contributed by atoms with Crippen molar-refractivity contribution < 1.29 is 14.0 Å². The van der Waals surface area contributed by atoms with Gasteiger partial charge in [0.1, 0.15) is 0 Å². The highest BCUT2D eigenvalue weighted by Gasteiger charge is 2.28. The third-order valence-corrected chi connectivity index (χ3v) is 3.31.